The number of nitrogens with two attached hydrogens (primary N) is 2. The highest BCUT2D eigenvalue weighted by Crippen LogP contribution is 2.31. The van der Waals surface area contributed by atoms with Gasteiger partial charge in [0, 0.05) is 48.9 Å². The van der Waals surface area contributed by atoms with Crippen LogP contribution in [-0.4, -0.2) is 75.5 Å². The second-order valence-electron chi connectivity index (χ2n) is 10.7. The number of nitrogens with one attached hydrogen (secondary N) is 3. The first-order valence-electron chi connectivity index (χ1n) is 13.9. The van der Waals surface area contributed by atoms with Crippen LogP contribution in [0.5, 0.6) is 5.75 Å². The third kappa shape index (κ3) is 8.71. The Kier molecular flexibility index (Phi) is 10.2. The number of likely N-dealkylation sites (tertiary alicyclic amines) is 1. The molecule has 1 atom stereocenters. The minimum absolute atomic E-state index is 0.0515. The molecule has 1 aliphatic rings. The number of hydrogen-bond acceptors (Lipinski definition) is 7. The second kappa shape index (κ2) is 13.7. The van der Waals surface area contributed by atoms with E-state index in [2.05, 4.69) is 32.7 Å². The molecule has 7 N–H and O–H groups in total. The Morgan fingerprint density at radius 1 is 1.16 bits per heavy atom. The molecule has 1 aliphatic heterocycles. The van der Waals surface area contributed by atoms with Crippen molar-refractivity contribution < 1.29 is 31.1 Å². The molecule has 238 valence electrons. The Hall–Kier alpha value is -4.13. The van der Waals surface area contributed by atoms with E-state index in [1.54, 1.807) is 18.2 Å². The van der Waals surface area contributed by atoms with Gasteiger partial charge in [-0.05, 0) is 56.0 Å². The number of aromatic nitrogens is 1. The molecule has 0 saturated carbocycles. The lowest BCUT2D eigenvalue weighted by Crippen LogP contribution is -2.47. The number of amides is 2. The summed E-state index contributed by atoms with van der Waals surface area (Å²) in [6.45, 7) is 3.02. The number of hydrogen-bond donors (Lipinski definition) is 5. The van der Waals surface area contributed by atoms with E-state index < -0.39 is 28.8 Å². The molecule has 4 rings (SSSR count). The highest BCUT2D eigenvalue weighted by Gasteiger charge is 2.30. The van der Waals surface area contributed by atoms with Gasteiger partial charge in [-0.3, -0.25) is 0 Å². The highest BCUT2D eigenvalue weighted by atomic mass is 32.2. The SMILES string of the molecule is COc1cc(S(N)(=O)=O)ccc1NCC#Cc1cc2c(NC3CCN(C[C@H](C)NC(N)=O)CC3)cccc2n1CC(F)(F)F. The van der Waals surface area contributed by atoms with E-state index in [0.29, 0.717) is 23.1 Å². The fourth-order valence-electron chi connectivity index (χ4n) is 5.29. The fraction of sp³-hybridized carbons (Fsp3) is 0.414. The molecule has 1 fully saturated rings. The van der Waals surface area contributed by atoms with Crippen LogP contribution in [0.1, 0.15) is 25.5 Å². The van der Waals surface area contributed by atoms with Gasteiger partial charge in [0.1, 0.15) is 12.3 Å². The molecule has 11 nitrogen and oxygen atoms in total. The summed E-state index contributed by atoms with van der Waals surface area (Å²) in [5.74, 6) is 5.94. The highest BCUT2D eigenvalue weighted by molar-refractivity contribution is 7.89. The molecular weight excluding hydrogens is 599 g/mol. The van der Waals surface area contributed by atoms with Crippen LogP contribution in [-0.2, 0) is 16.6 Å². The molecular formula is C29H36F3N7O4S. The zero-order chi connectivity index (χ0) is 32.1. The molecule has 3 aromatic rings. The number of piperidine rings is 1. The number of alkyl halides is 3. The number of nitrogens with zero attached hydrogens (tertiary/aromatic N) is 2. The van der Waals surface area contributed by atoms with Crippen LogP contribution < -0.4 is 31.6 Å². The molecule has 0 unspecified atom stereocenters. The van der Waals surface area contributed by atoms with Crippen molar-refractivity contribution >= 4 is 38.3 Å². The predicted octanol–water partition coefficient (Wildman–Crippen LogP) is 3.26. The fourth-order valence-corrected chi connectivity index (χ4v) is 5.82. The number of primary sulfonamides is 1. The van der Waals surface area contributed by atoms with Gasteiger partial charge in [0.15, 0.2) is 0 Å². The van der Waals surface area contributed by atoms with Gasteiger partial charge in [0.05, 0.1) is 35.4 Å². The number of urea groups is 1. The number of rotatable bonds is 10. The maximum atomic E-state index is 13.6. The summed E-state index contributed by atoms with van der Waals surface area (Å²) in [6, 6.07) is 10.4. The number of ether oxygens (including phenoxy) is 1. The Labute approximate surface area is 254 Å². The monoisotopic (exact) mass is 635 g/mol. The molecule has 0 aliphatic carbocycles. The number of carbonyl (C=O) groups is 1. The van der Waals surface area contributed by atoms with Gasteiger partial charge < -0.3 is 35.9 Å². The summed E-state index contributed by atoms with van der Waals surface area (Å²) in [5.41, 5.74) is 6.99. The van der Waals surface area contributed by atoms with E-state index in [-0.39, 0.29) is 35.0 Å². The van der Waals surface area contributed by atoms with Crippen LogP contribution in [0.3, 0.4) is 0 Å². The van der Waals surface area contributed by atoms with Gasteiger partial charge in [0.2, 0.25) is 10.0 Å². The number of halogens is 3. The molecule has 0 radical (unpaired) electrons. The topological polar surface area (TPSA) is 157 Å². The Balaban J connectivity index is 1.50. The summed E-state index contributed by atoms with van der Waals surface area (Å²) in [4.78, 5) is 13.2. The van der Waals surface area contributed by atoms with E-state index in [1.165, 1.54) is 25.3 Å². The van der Waals surface area contributed by atoms with Crippen molar-refractivity contribution in [2.75, 3.05) is 43.9 Å². The zero-order valence-electron chi connectivity index (χ0n) is 24.4. The quantitative estimate of drug-likeness (QED) is 0.214. The Morgan fingerprint density at radius 2 is 1.89 bits per heavy atom. The lowest BCUT2D eigenvalue weighted by Gasteiger charge is -2.34. The number of fused-ring (bicyclic) bond motifs is 1. The Morgan fingerprint density at radius 3 is 2.52 bits per heavy atom. The first kappa shape index (κ1) is 32.8. The van der Waals surface area contributed by atoms with Gasteiger partial charge in [-0.2, -0.15) is 13.2 Å². The van der Waals surface area contributed by atoms with Crippen molar-refractivity contribution in [3.05, 3.63) is 48.2 Å². The number of methoxy groups -OCH3 is 1. The van der Waals surface area contributed by atoms with Crippen molar-refractivity contribution in [1.29, 1.82) is 0 Å². The van der Waals surface area contributed by atoms with Crippen molar-refractivity contribution in [2.45, 2.75) is 49.5 Å². The van der Waals surface area contributed by atoms with Gasteiger partial charge in [-0.1, -0.05) is 12.0 Å². The molecule has 44 heavy (non-hydrogen) atoms. The summed E-state index contributed by atoms with van der Waals surface area (Å²) in [7, 11) is -2.55. The van der Waals surface area contributed by atoms with Gasteiger partial charge >= 0.3 is 12.2 Å². The van der Waals surface area contributed by atoms with Crippen LogP contribution >= 0.6 is 0 Å². The molecule has 0 spiro atoms. The van der Waals surface area contributed by atoms with Crippen LogP contribution in [0.2, 0.25) is 0 Å². The lowest BCUT2D eigenvalue weighted by atomic mass is 10.0. The number of sulfonamides is 1. The number of primary amides is 1. The molecule has 2 amide bonds. The third-order valence-electron chi connectivity index (χ3n) is 7.24. The van der Waals surface area contributed by atoms with Gasteiger partial charge in [0.25, 0.3) is 0 Å². The Bertz CT molecular complexity index is 1660. The third-order valence-corrected chi connectivity index (χ3v) is 8.15. The first-order chi connectivity index (χ1) is 20.7. The predicted molar refractivity (Wildman–Crippen MR) is 163 cm³/mol. The molecule has 2 aromatic carbocycles. The van der Waals surface area contributed by atoms with E-state index in [1.807, 2.05) is 13.0 Å². The van der Waals surface area contributed by atoms with Gasteiger partial charge in [-0.15, -0.1) is 0 Å². The standard InChI is InChI=1S/C29H36F3N7O4S/c1-19(36-28(33)40)17-38-13-10-20(11-14-38)37-24-6-3-7-26-23(24)15-21(39(26)18-29(30,31)32)5-4-12-35-25-9-8-22(44(34,41)42)16-27(25)43-2/h3,6-9,15-16,19-20,35,37H,10-14,17-18H2,1-2H3,(H3,33,36,40)(H2,34,41,42)/t19-/m0/s1. The lowest BCUT2D eigenvalue weighted by molar-refractivity contribution is -0.140. The average molecular weight is 636 g/mol. The average Bonchev–Trinajstić information content (AvgIpc) is 3.27. The van der Waals surface area contributed by atoms with Gasteiger partial charge in [-0.25, -0.2) is 18.4 Å². The van der Waals surface area contributed by atoms with Crippen LogP contribution in [0.4, 0.5) is 29.3 Å². The second-order valence-corrected chi connectivity index (χ2v) is 12.2. The van der Waals surface area contributed by atoms with E-state index in [9.17, 15) is 26.4 Å². The van der Waals surface area contributed by atoms with Crippen molar-refractivity contribution in [3.63, 3.8) is 0 Å². The molecule has 0 bridgehead atoms. The molecule has 2 heterocycles. The van der Waals surface area contributed by atoms with E-state index >= 15 is 0 Å². The number of carbonyl (C=O) groups excluding carboxylic acids is 1. The number of benzene rings is 2. The largest absolute Gasteiger partial charge is 0.495 e. The van der Waals surface area contributed by atoms with E-state index in [0.717, 1.165) is 36.2 Å². The smallest absolute Gasteiger partial charge is 0.406 e. The molecule has 15 heteroatoms. The zero-order valence-corrected chi connectivity index (χ0v) is 25.2. The molecule has 1 aromatic heterocycles. The van der Waals surface area contributed by atoms with Crippen LogP contribution in [0, 0.1) is 11.8 Å². The maximum absolute atomic E-state index is 13.6. The molecule has 1 saturated heterocycles. The van der Waals surface area contributed by atoms with Crippen LogP contribution in [0.15, 0.2) is 47.4 Å². The van der Waals surface area contributed by atoms with Crippen molar-refractivity contribution in [1.82, 2.24) is 14.8 Å². The summed E-state index contributed by atoms with van der Waals surface area (Å²) in [6.07, 6.45) is -2.82. The number of anilines is 2. The minimum Gasteiger partial charge on any atom is -0.495 e. The summed E-state index contributed by atoms with van der Waals surface area (Å²) >= 11 is 0. The summed E-state index contributed by atoms with van der Waals surface area (Å²) < 4.78 is 70.5. The summed E-state index contributed by atoms with van der Waals surface area (Å²) in [5, 5.41) is 15.0. The minimum atomic E-state index is -4.46. The first-order valence-corrected chi connectivity index (χ1v) is 15.5. The van der Waals surface area contributed by atoms with Crippen molar-refractivity contribution in [2.24, 2.45) is 10.9 Å². The normalized spacial score (nSPS) is 15.3. The van der Waals surface area contributed by atoms with E-state index in [4.69, 9.17) is 15.6 Å². The van der Waals surface area contributed by atoms with Crippen LogP contribution in [0.25, 0.3) is 10.9 Å². The van der Waals surface area contributed by atoms with Crippen molar-refractivity contribution in [3.8, 4) is 17.6 Å². The maximum Gasteiger partial charge on any atom is 0.406 e.